The van der Waals surface area contributed by atoms with E-state index >= 15 is 0 Å². The fraction of sp³-hybridized carbons (Fsp3) is 0.417. The van der Waals surface area contributed by atoms with E-state index in [1.807, 2.05) is 0 Å². The minimum absolute atomic E-state index is 0.0528. The van der Waals surface area contributed by atoms with Gasteiger partial charge in [0.15, 0.2) is 0 Å². The van der Waals surface area contributed by atoms with E-state index < -0.39 is 23.8 Å². The SMILES string of the molecule is CC(=O)N[C@@H](Cc1cc(F)cc(F)c1)[C@H](O)CN. The predicted molar refractivity (Wildman–Crippen MR) is 62.7 cm³/mol. The van der Waals surface area contributed by atoms with Crippen LogP contribution in [0.3, 0.4) is 0 Å². The van der Waals surface area contributed by atoms with Crippen molar-refractivity contribution in [1.29, 1.82) is 0 Å². The smallest absolute Gasteiger partial charge is 0.217 e. The Morgan fingerprint density at radius 3 is 2.39 bits per heavy atom. The monoisotopic (exact) mass is 258 g/mol. The molecule has 0 saturated carbocycles. The van der Waals surface area contributed by atoms with Gasteiger partial charge in [-0.1, -0.05) is 0 Å². The summed E-state index contributed by atoms with van der Waals surface area (Å²) in [5, 5.41) is 12.1. The van der Waals surface area contributed by atoms with E-state index in [2.05, 4.69) is 5.32 Å². The minimum Gasteiger partial charge on any atom is -0.390 e. The van der Waals surface area contributed by atoms with Crippen LogP contribution in [0.5, 0.6) is 0 Å². The van der Waals surface area contributed by atoms with E-state index in [4.69, 9.17) is 5.73 Å². The van der Waals surface area contributed by atoms with Crippen LogP contribution in [0.15, 0.2) is 18.2 Å². The molecule has 0 saturated heterocycles. The van der Waals surface area contributed by atoms with Crippen LogP contribution < -0.4 is 11.1 Å². The minimum atomic E-state index is -0.972. The maximum atomic E-state index is 13.0. The third-order valence-electron chi connectivity index (χ3n) is 2.47. The molecule has 0 spiro atoms. The highest BCUT2D eigenvalue weighted by Crippen LogP contribution is 2.11. The van der Waals surface area contributed by atoms with Gasteiger partial charge in [-0.15, -0.1) is 0 Å². The predicted octanol–water partition coefficient (Wildman–Crippen LogP) is 0.332. The van der Waals surface area contributed by atoms with Crippen LogP contribution in [0.25, 0.3) is 0 Å². The summed E-state index contributed by atoms with van der Waals surface area (Å²) < 4.78 is 26.0. The molecule has 1 amide bonds. The normalized spacial score (nSPS) is 14.1. The number of rotatable bonds is 5. The summed E-state index contributed by atoms with van der Waals surface area (Å²) in [5.74, 6) is -1.74. The Morgan fingerprint density at radius 1 is 1.39 bits per heavy atom. The molecule has 0 fully saturated rings. The molecule has 0 aliphatic rings. The lowest BCUT2D eigenvalue weighted by Crippen LogP contribution is -2.47. The number of aliphatic hydroxyl groups excluding tert-OH is 1. The van der Waals surface area contributed by atoms with E-state index in [0.717, 1.165) is 18.2 Å². The lowest BCUT2D eigenvalue weighted by atomic mass is 10.0. The van der Waals surface area contributed by atoms with Gasteiger partial charge in [0.25, 0.3) is 0 Å². The van der Waals surface area contributed by atoms with Gasteiger partial charge < -0.3 is 16.2 Å². The van der Waals surface area contributed by atoms with Gasteiger partial charge >= 0.3 is 0 Å². The molecular weight excluding hydrogens is 242 g/mol. The molecule has 1 aromatic carbocycles. The van der Waals surface area contributed by atoms with Crippen molar-refractivity contribution in [3.63, 3.8) is 0 Å². The molecule has 18 heavy (non-hydrogen) atoms. The maximum absolute atomic E-state index is 13.0. The molecule has 100 valence electrons. The Hall–Kier alpha value is -1.53. The van der Waals surface area contributed by atoms with Crippen LogP contribution in [0, 0.1) is 11.6 Å². The van der Waals surface area contributed by atoms with Crippen molar-refractivity contribution < 1.29 is 18.7 Å². The summed E-state index contributed by atoms with van der Waals surface area (Å²) in [7, 11) is 0. The van der Waals surface area contributed by atoms with Crippen LogP contribution >= 0.6 is 0 Å². The molecule has 0 bridgehead atoms. The second kappa shape index (κ2) is 6.42. The molecule has 4 N–H and O–H groups in total. The van der Waals surface area contributed by atoms with Crippen molar-refractivity contribution in [2.75, 3.05) is 6.54 Å². The van der Waals surface area contributed by atoms with Crippen molar-refractivity contribution in [3.05, 3.63) is 35.4 Å². The van der Waals surface area contributed by atoms with Crippen molar-refractivity contribution in [2.24, 2.45) is 5.73 Å². The molecule has 0 aliphatic heterocycles. The third kappa shape index (κ3) is 4.38. The zero-order valence-electron chi connectivity index (χ0n) is 9.99. The van der Waals surface area contributed by atoms with E-state index in [9.17, 15) is 18.7 Å². The van der Waals surface area contributed by atoms with Gasteiger partial charge in [0, 0.05) is 19.5 Å². The average Bonchev–Trinajstić information content (AvgIpc) is 2.25. The molecule has 1 rings (SSSR count). The summed E-state index contributed by atoms with van der Waals surface area (Å²) in [4.78, 5) is 11.0. The Labute approximate surface area is 104 Å². The van der Waals surface area contributed by atoms with Crippen molar-refractivity contribution in [3.8, 4) is 0 Å². The van der Waals surface area contributed by atoms with Gasteiger partial charge in [-0.25, -0.2) is 8.78 Å². The summed E-state index contributed by atoms with van der Waals surface area (Å²) in [6.45, 7) is 1.24. The highest BCUT2D eigenvalue weighted by molar-refractivity contribution is 5.73. The Bertz CT molecular complexity index is 406. The number of carbonyl (C=O) groups is 1. The summed E-state index contributed by atoms with van der Waals surface area (Å²) >= 11 is 0. The second-order valence-corrected chi connectivity index (χ2v) is 4.09. The molecule has 0 aliphatic carbocycles. The van der Waals surface area contributed by atoms with Gasteiger partial charge in [-0.2, -0.15) is 0 Å². The molecule has 2 atom stereocenters. The number of halogens is 2. The summed E-state index contributed by atoms with van der Waals surface area (Å²) in [6, 6.07) is 2.40. The van der Waals surface area contributed by atoms with Gasteiger partial charge in [0.05, 0.1) is 12.1 Å². The van der Waals surface area contributed by atoms with Gasteiger partial charge in [0.1, 0.15) is 11.6 Å². The van der Waals surface area contributed by atoms with E-state index in [1.165, 1.54) is 6.92 Å². The van der Waals surface area contributed by atoms with E-state index in [0.29, 0.717) is 5.56 Å². The van der Waals surface area contributed by atoms with Crippen LogP contribution in [0.1, 0.15) is 12.5 Å². The van der Waals surface area contributed by atoms with Crippen LogP contribution in [0.2, 0.25) is 0 Å². The first-order valence-electron chi connectivity index (χ1n) is 5.52. The first-order valence-corrected chi connectivity index (χ1v) is 5.52. The van der Waals surface area contributed by atoms with Gasteiger partial charge in [0.2, 0.25) is 5.91 Å². The second-order valence-electron chi connectivity index (χ2n) is 4.09. The first kappa shape index (κ1) is 14.5. The number of aliphatic hydroxyl groups is 1. The fourth-order valence-corrected chi connectivity index (χ4v) is 1.69. The van der Waals surface area contributed by atoms with Crippen LogP contribution in [-0.2, 0) is 11.2 Å². The molecule has 0 aromatic heterocycles. The van der Waals surface area contributed by atoms with Crippen molar-refractivity contribution in [2.45, 2.75) is 25.5 Å². The maximum Gasteiger partial charge on any atom is 0.217 e. The number of nitrogens with one attached hydrogen (secondary N) is 1. The molecule has 1 aromatic rings. The van der Waals surface area contributed by atoms with Crippen molar-refractivity contribution >= 4 is 5.91 Å². The molecule has 6 heteroatoms. The number of nitrogens with two attached hydrogens (primary N) is 1. The standard InChI is InChI=1S/C12H16F2N2O2/c1-7(17)16-11(12(18)6-15)4-8-2-9(13)5-10(14)3-8/h2-3,5,11-12,18H,4,6,15H2,1H3,(H,16,17)/t11-,12+/m0/s1. The fourth-order valence-electron chi connectivity index (χ4n) is 1.69. The Morgan fingerprint density at radius 2 is 1.94 bits per heavy atom. The molecule has 0 heterocycles. The molecular formula is C12H16F2N2O2. The summed E-state index contributed by atoms with van der Waals surface area (Å²) in [5.41, 5.74) is 5.66. The molecule has 0 unspecified atom stereocenters. The molecule has 4 nitrogen and oxygen atoms in total. The number of amides is 1. The zero-order valence-corrected chi connectivity index (χ0v) is 9.99. The lowest BCUT2D eigenvalue weighted by Gasteiger charge is -2.22. The largest absolute Gasteiger partial charge is 0.390 e. The van der Waals surface area contributed by atoms with Crippen LogP contribution in [-0.4, -0.2) is 29.7 Å². The highest BCUT2D eigenvalue weighted by atomic mass is 19.1. The third-order valence-corrected chi connectivity index (χ3v) is 2.47. The number of benzene rings is 1. The number of hydrogen-bond acceptors (Lipinski definition) is 3. The lowest BCUT2D eigenvalue weighted by molar-refractivity contribution is -0.120. The van der Waals surface area contributed by atoms with Crippen LogP contribution in [0.4, 0.5) is 8.78 Å². The highest BCUT2D eigenvalue weighted by Gasteiger charge is 2.19. The molecule has 0 radical (unpaired) electrons. The number of hydrogen-bond donors (Lipinski definition) is 3. The number of carbonyl (C=O) groups excluding carboxylic acids is 1. The topological polar surface area (TPSA) is 75.3 Å². The van der Waals surface area contributed by atoms with E-state index in [-0.39, 0.29) is 18.9 Å². The average molecular weight is 258 g/mol. The van der Waals surface area contributed by atoms with Gasteiger partial charge in [-0.3, -0.25) is 4.79 Å². The van der Waals surface area contributed by atoms with E-state index in [1.54, 1.807) is 0 Å². The Balaban J connectivity index is 2.84. The zero-order chi connectivity index (χ0) is 13.7. The summed E-state index contributed by atoms with van der Waals surface area (Å²) in [6.07, 6.45) is -0.868. The first-order chi connectivity index (χ1) is 8.42. The quantitative estimate of drug-likeness (QED) is 0.712. The van der Waals surface area contributed by atoms with Crippen molar-refractivity contribution in [1.82, 2.24) is 5.32 Å². The van der Waals surface area contributed by atoms with Gasteiger partial charge in [-0.05, 0) is 24.1 Å². The Kier molecular flexibility index (Phi) is 5.18.